The van der Waals surface area contributed by atoms with Crippen molar-refractivity contribution in [2.75, 3.05) is 13.2 Å². The summed E-state index contributed by atoms with van der Waals surface area (Å²) < 4.78 is 19.4. The number of aliphatic hydroxyl groups is 1. The minimum Gasteiger partial charge on any atom is -0.493 e. The van der Waals surface area contributed by atoms with E-state index in [0.717, 1.165) is 25.7 Å². The summed E-state index contributed by atoms with van der Waals surface area (Å²) in [6, 6.07) is 4.41. The van der Waals surface area contributed by atoms with Crippen LogP contribution in [0.25, 0.3) is 0 Å². The molecule has 0 spiro atoms. The molecule has 0 saturated carbocycles. The number of hydrogen-bond donors (Lipinski definition) is 2. The van der Waals surface area contributed by atoms with Crippen molar-refractivity contribution < 1.29 is 14.2 Å². The first-order valence-electron chi connectivity index (χ1n) is 7.92. The van der Waals surface area contributed by atoms with Crippen molar-refractivity contribution in [2.45, 2.75) is 52.1 Å². The van der Waals surface area contributed by atoms with E-state index in [1.165, 1.54) is 12.1 Å². The monoisotopic (exact) mass is 297 g/mol. The Morgan fingerprint density at radius 2 is 1.81 bits per heavy atom. The minimum absolute atomic E-state index is 0.364. The van der Waals surface area contributed by atoms with Gasteiger partial charge in [0.15, 0.2) is 0 Å². The molecule has 1 aromatic rings. The van der Waals surface area contributed by atoms with Gasteiger partial charge in [-0.1, -0.05) is 26.7 Å². The summed E-state index contributed by atoms with van der Waals surface area (Å²) in [5, 5.41) is 9.91. The van der Waals surface area contributed by atoms with Gasteiger partial charge in [0.05, 0.1) is 12.7 Å². The highest BCUT2D eigenvalue weighted by Gasteiger charge is 2.12. The fourth-order valence-electron chi connectivity index (χ4n) is 2.53. The fourth-order valence-corrected chi connectivity index (χ4v) is 2.53. The van der Waals surface area contributed by atoms with Crippen LogP contribution in [0.15, 0.2) is 18.2 Å². The summed E-state index contributed by atoms with van der Waals surface area (Å²) in [6.07, 6.45) is 4.15. The van der Waals surface area contributed by atoms with Gasteiger partial charge in [-0.15, -0.1) is 0 Å². The number of benzene rings is 1. The van der Waals surface area contributed by atoms with E-state index in [9.17, 15) is 9.50 Å². The molecular weight excluding hydrogens is 269 g/mol. The Balaban J connectivity index is 2.69. The van der Waals surface area contributed by atoms with Gasteiger partial charge in [-0.05, 0) is 49.4 Å². The SMILES string of the molecule is CCCC(CCC)COc1cc(F)cc(C(O)CCN)c1. The Kier molecular flexibility index (Phi) is 8.31. The number of halogens is 1. The summed E-state index contributed by atoms with van der Waals surface area (Å²) in [5.41, 5.74) is 5.95. The number of rotatable bonds is 10. The van der Waals surface area contributed by atoms with Crippen molar-refractivity contribution >= 4 is 0 Å². The quantitative estimate of drug-likeness (QED) is 0.690. The number of hydrogen-bond acceptors (Lipinski definition) is 3. The van der Waals surface area contributed by atoms with Crippen molar-refractivity contribution in [2.24, 2.45) is 11.7 Å². The highest BCUT2D eigenvalue weighted by Crippen LogP contribution is 2.24. The Morgan fingerprint density at radius 1 is 1.14 bits per heavy atom. The maximum absolute atomic E-state index is 13.6. The van der Waals surface area contributed by atoms with E-state index in [2.05, 4.69) is 13.8 Å². The third kappa shape index (κ3) is 6.44. The van der Waals surface area contributed by atoms with Crippen LogP contribution < -0.4 is 10.5 Å². The van der Waals surface area contributed by atoms with E-state index in [1.807, 2.05) is 0 Å². The highest BCUT2D eigenvalue weighted by atomic mass is 19.1. The second-order valence-corrected chi connectivity index (χ2v) is 5.57. The van der Waals surface area contributed by atoms with Gasteiger partial charge in [-0.3, -0.25) is 0 Å². The van der Waals surface area contributed by atoms with Crippen LogP contribution in [-0.2, 0) is 0 Å². The van der Waals surface area contributed by atoms with Gasteiger partial charge < -0.3 is 15.6 Å². The van der Waals surface area contributed by atoms with Crippen LogP contribution in [0.1, 0.15) is 57.6 Å². The predicted octanol–water partition coefficient (Wildman–Crippen LogP) is 3.80. The van der Waals surface area contributed by atoms with E-state index >= 15 is 0 Å². The topological polar surface area (TPSA) is 55.5 Å². The maximum Gasteiger partial charge on any atom is 0.127 e. The Hall–Kier alpha value is -1.13. The number of nitrogens with two attached hydrogens (primary N) is 1. The van der Waals surface area contributed by atoms with Crippen LogP contribution in [0.4, 0.5) is 4.39 Å². The van der Waals surface area contributed by atoms with Gasteiger partial charge in [0, 0.05) is 6.07 Å². The molecule has 4 heteroatoms. The molecular formula is C17H28FNO2. The van der Waals surface area contributed by atoms with E-state index in [0.29, 0.717) is 36.8 Å². The smallest absolute Gasteiger partial charge is 0.127 e. The number of aliphatic hydroxyl groups excluding tert-OH is 1. The molecule has 0 aliphatic carbocycles. The number of ether oxygens (including phenoxy) is 1. The molecule has 1 atom stereocenters. The summed E-state index contributed by atoms with van der Waals surface area (Å²) in [7, 11) is 0. The lowest BCUT2D eigenvalue weighted by atomic mass is 9.99. The molecule has 1 rings (SSSR count). The van der Waals surface area contributed by atoms with E-state index in [-0.39, 0.29) is 5.82 Å². The third-order valence-corrected chi connectivity index (χ3v) is 3.60. The molecule has 3 N–H and O–H groups in total. The Morgan fingerprint density at radius 3 is 2.38 bits per heavy atom. The second kappa shape index (κ2) is 9.74. The first kappa shape index (κ1) is 17.9. The van der Waals surface area contributed by atoms with Crippen LogP contribution >= 0.6 is 0 Å². The van der Waals surface area contributed by atoms with Crippen molar-refractivity contribution in [1.29, 1.82) is 0 Å². The predicted molar refractivity (Wildman–Crippen MR) is 83.8 cm³/mol. The van der Waals surface area contributed by atoms with E-state index in [4.69, 9.17) is 10.5 Å². The van der Waals surface area contributed by atoms with Crippen molar-refractivity contribution in [3.05, 3.63) is 29.6 Å². The molecule has 0 bridgehead atoms. The van der Waals surface area contributed by atoms with Gasteiger partial charge in [0.2, 0.25) is 0 Å². The largest absolute Gasteiger partial charge is 0.493 e. The van der Waals surface area contributed by atoms with Gasteiger partial charge in [0.1, 0.15) is 11.6 Å². The molecule has 0 amide bonds. The molecule has 0 aliphatic rings. The van der Waals surface area contributed by atoms with Gasteiger partial charge >= 0.3 is 0 Å². The molecule has 0 heterocycles. The first-order chi connectivity index (χ1) is 10.1. The lowest BCUT2D eigenvalue weighted by Gasteiger charge is -2.17. The normalized spacial score (nSPS) is 12.7. The lowest BCUT2D eigenvalue weighted by molar-refractivity contribution is 0.168. The molecule has 0 aromatic heterocycles. The average Bonchev–Trinajstić information content (AvgIpc) is 2.45. The standard InChI is InChI=1S/C17H28FNO2/c1-3-5-13(6-4-2)12-21-16-10-14(9-15(18)11-16)17(20)7-8-19/h9-11,13,17,20H,3-8,12,19H2,1-2H3. The van der Waals surface area contributed by atoms with Crippen molar-refractivity contribution in [3.8, 4) is 5.75 Å². The molecule has 21 heavy (non-hydrogen) atoms. The summed E-state index contributed by atoms with van der Waals surface area (Å²) in [5.74, 6) is 0.597. The molecule has 0 saturated heterocycles. The maximum atomic E-state index is 13.6. The van der Waals surface area contributed by atoms with Crippen LogP contribution in [0.5, 0.6) is 5.75 Å². The molecule has 1 unspecified atom stereocenters. The van der Waals surface area contributed by atoms with Gasteiger partial charge in [-0.25, -0.2) is 4.39 Å². The van der Waals surface area contributed by atoms with Crippen LogP contribution in [-0.4, -0.2) is 18.3 Å². The zero-order valence-corrected chi connectivity index (χ0v) is 13.1. The van der Waals surface area contributed by atoms with Crippen molar-refractivity contribution in [3.63, 3.8) is 0 Å². The van der Waals surface area contributed by atoms with Gasteiger partial charge in [0.25, 0.3) is 0 Å². The Bertz CT molecular complexity index is 406. The molecule has 0 fully saturated rings. The Labute approximate surface area is 127 Å². The molecule has 0 aliphatic heterocycles. The van der Waals surface area contributed by atoms with Crippen LogP contribution in [0, 0.1) is 11.7 Å². The highest BCUT2D eigenvalue weighted by molar-refractivity contribution is 5.31. The zero-order chi connectivity index (χ0) is 15.7. The van der Waals surface area contributed by atoms with Gasteiger partial charge in [-0.2, -0.15) is 0 Å². The van der Waals surface area contributed by atoms with Crippen LogP contribution in [0.2, 0.25) is 0 Å². The first-order valence-corrected chi connectivity index (χ1v) is 7.92. The third-order valence-electron chi connectivity index (χ3n) is 3.60. The van der Waals surface area contributed by atoms with E-state index < -0.39 is 6.10 Å². The summed E-state index contributed by atoms with van der Waals surface area (Å²) in [4.78, 5) is 0. The molecule has 120 valence electrons. The van der Waals surface area contributed by atoms with Crippen LogP contribution in [0.3, 0.4) is 0 Å². The summed E-state index contributed by atoms with van der Waals surface area (Å²) >= 11 is 0. The fraction of sp³-hybridized carbons (Fsp3) is 0.647. The minimum atomic E-state index is -0.741. The zero-order valence-electron chi connectivity index (χ0n) is 13.1. The second-order valence-electron chi connectivity index (χ2n) is 5.57. The van der Waals surface area contributed by atoms with Crippen molar-refractivity contribution in [1.82, 2.24) is 0 Å². The molecule has 3 nitrogen and oxygen atoms in total. The lowest BCUT2D eigenvalue weighted by Crippen LogP contribution is -2.12. The van der Waals surface area contributed by atoms with E-state index in [1.54, 1.807) is 6.07 Å². The molecule has 1 aromatic carbocycles. The average molecular weight is 297 g/mol. The molecule has 0 radical (unpaired) electrons. The summed E-state index contributed by atoms with van der Waals surface area (Å²) in [6.45, 7) is 5.28.